The van der Waals surface area contributed by atoms with Crippen LogP contribution in [0.2, 0.25) is 0 Å². The topological polar surface area (TPSA) is 82.3 Å². The van der Waals surface area contributed by atoms with Crippen LogP contribution >= 0.6 is 0 Å². The Morgan fingerprint density at radius 1 is 1.39 bits per heavy atom. The van der Waals surface area contributed by atoms with E-state index in [9.17, 15) is 0 Å². The van der Waals surface area contributed by atoms with Crippen molar-refractivity contribution in [3.63, 3.8) is 0 Å². The minimum absolute atomic E-state index is 0.340. The number of methoxy groups -OCH3 is 1. The third-order valence-electron chi connectivity index (χ3n) is 3.09. The average molecular weight is 252 g/mol. The molecule has 0 radical (unpaired) electrons. The van der Waals surface area contributed by atoms with Gasteiger partial charge in [0.25, 0.3) is 0 Å². The van der Waals surface area contributed by atoms with Crippen molar-refractivity contribution in [3.05, 3.63) is 6.33 Å². The molecule has 18 heavy (non-hydrogen) atoms. The molecule has 1 aromatic heterocycles. The molecule has 0 unspecified atom stereocenters. The lowest BCUT2D eigenvalue weighted by Gasteiger charge is -2.13. The van der Waals surface area contributed by atoms with Gasteiger partial charge in [-0.05, 0) is 12.8 Å². The molecule has 0 aromatic carbocycles. The van der Waals surface area contributed by atoms with Gasteiger partial charge in [-0.1, -0.05) is 12.8 Å². The highest BCUT2D eigenvalue weighted by molar-refractivity contribution is 5.61. The van der Waals surface area contributed by atoms with Gasteiger partial charge in [-0.3, -0.25) is 0 Å². The van der Waals surface area contributed by atoms with Gasteiger partial charge in [0.05, 0.1) is 19.8 Å². The van der Waals surface area contributed by atoms with Crippen LogP contribution in [0.3, 0.4) is 0 Å². The van der Waals surface area contributed by atoms with Crippen molar-refractivity contribution in [1.29, 1.82) is 0 Å². The Labute approximate surface area is 107 Å². The van der Waals surface area contributed by atoms with E-state index in [1.54, 1.807) is 7.11 Å². The van der Waals surface area contributed by atoms with Crippen molar-refractivity contribution < 1.29 is 9.47 Å². The summed E-state index contributed by atoms with van der Waals surface area (Å²) in [5, 5.41) is 3.15. The van der Waals surface area contributed by atoms with Crippen molar-refractivity contribution in [2.75, 3.05) is 31.3 Å². The van der Waals surface area contributed by atoms with E-state index < -0.39 is 0 Å². The maximum absolute atomic E-state index is 5.75. The lowest BCUT2D eigenvalue weighted by molar-refractivity contribution is 0.0658. The molecule has 0 bridgehead atoms. The summed E-state index contributed by atoms with van der Waals surface area (Å²) in [5.74, 6) is 1.44. The van der Waals surface area contributed by atoms with Crippen LogP contribution in [0, 0.1) is 0 Å². The minimum Gasteiger partial charge on any atom is -0.490 e. The summed E-state index contributed by atoms with van der Waals surface area (Å²) < 4.78 is 10.9. The Bertz CT molecular complexity index is 380. The van der Waals surface area contributed by atoms with Crippen LogP contribution in [0.15, 0.2) is 6.33 Å². The second-order valence-corrected chi connectivity index (χ2v) is 4.34. The number of aromatic nitrogens is 2. The first-order chi connectivity index (χ1) is 8.81. The monoisotopic (exact) mass is 252 g/mol. The second-order valence-electron chi connectivity index (χ2n) is 4.34. The summed E-state index contributed by atoms with van der Waals surface area (Å²) in [4.78, 5) is 7.97. The fourth-order valence-electron chi connectivity index (χ4n) is 2.16. The largest absolute Gasteiger partial charge is 0.490 e. The molecule has 1 aliphatic carbocycles. The van der Waals surface area contributed by atoms with Gasteiger partial charge in [-0.2, -0.15) is 0 Å². The molecule has 1 heterocycles. The Morgan fingerprint density at radius 3 is 2.89 bits per heavy atom. The smallest absolute Gasteiger partial charge is 0.203 e. The summed E-state index contributed by atoms with van der Waals surface area (Å²) in [6.45, 7) is 1.35. The zero-order chi connectivity index (χ0) is 12.8. The van der Waals surface area contributed by atoms with Gasteiger partial charge in [0, 0.05) is 6.54 Å². The predicted molar refractivity (Wildman–Crippen MR) is 69.7 cm³/mol. The Morgan fingerprint density at radius 2 is 2.17 bits per heavy atom. The SMILES string of the molecule is COc1c(N)ncnc1NCCOC1CCCC1. The molecule has 0 atom stereocenters. The number of nitrogens with two attached hydrogens (primary N) is 1. The molecular formula is C12H20N4O2. The van der Waals surface area contributed by atoms with E-state index in [-0.39, 0.29) is 0 Å². The zero-order valence-electron chi connectivity index (χ0n) is 10.7. The van der Waals surface area contributed by atoms with Crippen molar-refractivity contribution >= 4 is 11.6 Å². The zero-order valence-corrected chi connectivity index (χ0v) is 10.7. The molecule has 1 fully saturated rings. The van der Waals surface area contributed by atoms with Gasteiger partial charge in [0.2, 0.25) is 5.75 Å². The summed E-state index contributed by atoms with van der Waals surface area (Å²) in [6.07, 6.45) is 6.79. The van der Waals surface area contributed by atoms with Gasteiger partial charge < -0.3 is 20.5 Å². The second kappa shape index (κ2) is 6.39. The normalized spacial score (nSPS) is 15.8. The third-order valence-corrected chi connectivity index (χ3v) is 3.09. The van der Waals surface area contributed by atoms with E-state index >= 15 is 0 Å². The first-order valence-corrected chi connectivity index (χ1v) is 6.31. The van der Waals surface area contributed by atoms with Crippen LogP contribution in [0.25, 0.3) is 0 Å². The van der Waals surface area contributed by atoms with E-state index in [4.69, 9.17) is 15.2 Å². The lowest BCUT2D eigenvalue weighted by atomic mass is 10.3. The summed E-state index contributed by atoms with van der Waals surface area (Å²) in [7, 11) is 1.55. The predicted octanol–water partition coefficient (Wildman–Crippen LogP) is 1.44. The molecule has 6 heteroatoms. The number of nitrogens with one attached hydrogen (secondary N) is 1. The number of rotatable bonds is 6. The fourth-order valence-corrected chi connectivity index (χ4v) is 2.16. The third kappa shape index (κ3) is 3.22. The quantitative estimate of drug-likeness (QED) is 0.745. The van der Waals surface area contributed by atoms with Crippen LogP contribution in [0.1, 0.15) is 25.7 Å². The van der Waals surface area contributed by atoms with Crippen LogP contribution in [-0.4, -0.2) is 36.3 Å². The molecule has 1 aromatic rings. The lowest BCUT2D eigenvalue weighted by Crippen LogP contribution is -2.16. The Kier molecular flexibility index (Phi) is 4.58. The molecule has 6 nitrogen and oxygen atoms in total. The van der Waals surface area contributed by atoms with E-state index in [1.807, 2.05) is 0 Å². The maximum Gasteiger partial charge on any atom is 0.203 e. The Hall–Kier alpha value is -1.56. The van der Waals surface area contributed by atoms with Crippen molar-refractivity contribution in [3.8, 4) is 5.75 Å². The summed E-state index contributed by atoms with van der Waals surface area (Å²) in [5.41, 5.74) is 5.69. The van der Waals surface area contributed by atoms with Crippen LogP contribution in [0.5, 0.6) is 5.75 Å². The van der Waals surface area contributed by atoms with E-state index in [2.05, 4.69) is 15.3 Å². The van der Waals surface area contributed by atoms with E-state index in [0.29, 0.717) is 36.6 Å². The number of hydrogen-bond acceptors (Lipinski definition) is 6. The van der Waals surface area contributed by atoms with Gasteiger partial charge >= 0.3 is 0 Å². The molecule has 0 saturated heterocycles. The Balaban J connectivity index is 1.77. The molecule has 1 aliphatic rings. The number of ether oxygens (including phenoxy) is 2. The molecular weight excluding hydrogens is 232 g/mol. The highest BCUT2D eigenvalue weighted by atomic mass is 16.5. The van der Waals surface area contributed by atoms with Gasteiger partial charge in [0.1, 0.15) is 6.33 Å². The number of hydrogen-bond donors (Lipinski definition) is 2. The molecule has 0 aliphatic heterocycles. The average Bonchev–Trinajstić information content (AvgIpc) is 2.88. The summed E-state index contributed by atoms with van der Waals surface area (Å²) >= 11 is 0. The summed E-state index contributed by atoms with van der Waals surface area (Å²) in [6, 6.07) is 0. The van der Waals surface area contributed by atoms with E-state index in [1.165, 1.54) is 32.0 Å². The molecule has 3 N–H and O–H groups in total. The fraction of sp³-hybridized carbons (Fsp3) is 0.667. The molecule has 100 valence electrons. The minimum atomic E-state index is 0.340. The number of anilines is 2. The molecule has 1 saturated carbocycles. The first kappa shape index (κ1) is 12.9. The van der Waals surface area contributed by atoms with E-state index in [0.717, 1.165) is 0 Å². The van der Waals surface area contributed by atoms with Gasteiger partial charge in [-0.15, -0.1) is 0 Å². The van der Waals surface area contributed by atoms with Crippen LogP contribution < -0.4 is 15.8 Å². The van der Waals surface area contributed by atoms with Crippen molar-refractivity contribution in [2.24, 2.45) is 0 Å². The van der Waals surface area contributed by atoms with Gasteiger partial charge in [-0.25, -0.2) is 9.97 Å². The van der Waals surface area contributed by atoms with Crippen LogP contribution in [0.4, 0.5) is 11.6 Å². The first-order valence-electron chi connectivity index (χ1n) is 6.31. The molecule has 0 amide bonds. The highest BCUT2D eigenvalue weighted by Gasteiger charge is 2.15. The molecule has 0 spiro atoms. The van der Waals surface area contributed by atoms with Crippen molar-refractivity contribution in [2.45, 2.75) is 31.8 Å². The number of nitrogens with zero attached hydrogens (tertiary/aromatic N) is 2. The highest BCUT2D eigenvalue weighted by Crippen LogP contribution is 2.26. The standard InChI is InChI=1S/C12H20N4O2/c1-17-10-11(13)15-8-16-12(10)14-6-7-18-9-4-2-3-5-9/h8-9H,2-7H2,1H3,(H3,13,14,15,16). The maximum atomic E-state index is 5.75. The number of nitrogen functional groups attached to an aromatic ring is 1. The van der Waals surface area contributed by atoms with Crippen LogP contribution in [-0.2, 0) is 4.74 Å². The molecule has 2 rings (SSSR count). The van der Waals surface area contributed by atoms with Gasteiger partial charge in [0.15, 0.2) is 11.6 Å². The van der Waals surface area contributed by atoms with Crippen molar-refractivity contribution in [1.82, 2.24) is 9.97 Å².